The average Bonchev–Trinajstić information content (AvgIpc) is 3.50. The molecule has 1 nitrogen and oxygen atoms in total. The molecule has 0 radical (unpaired) electrons. The maximum Gasteiger partial charge on any atom is 0.143 e. The van der Waals surface area contributed by atoms with Crippen LogP contribution in [0, 0.1) is 0 Å². The van der Waals surface area contributed by atoms with E-state index in [0.717, 1.165) is 33.4 Å². The van der Waals surface area contributed by atoms with Crippen LogP contribution in [-0.4, -0.2) is 0 Å². The number of fused-ring (bicyclic) bond motifs is 4. The minimum Gasteiger partial charge on any atom is -0.455 e. The van der Waals surface area contributed by atoms with E-state index in [2.05, 4.69) is 164 Å². The van der Waals surface area contributed by atoms with Crippen molar-refractivity contribution >= 4 is 43.3 Å². The molecule has 45 heavy (non-hydrogen) atoms. The van der Waals surface area contributed by atoms with Crippen molar-refractivity contribution in [2.24, 2.45) is 0 Å². The van der Waals surface area contributed by atoms with Crippen molar-refractivity contribution in [1.29, 1.82) is 0 Å². The number of hydrogen-bond acceptors (Lipinski definition) is 1. The van der Waals surface area contributed by atoms with Crippen LogP contribution < -0.4 is 0 Å². The largest absolute Gasteiger partial charge is 0.455 e. The highest BCUT2D eigenvalue weighted by Crippen LogP contribution is 2.46. The van der Waals surface area contributed by atoms with Crippen molar-refractivity contribution in [2.45, 2.75) is 0 Å². The second-order valence-electron chi connectivity index (χ2n) is 11.6. The monoisotopic (exact) mass is 572 g/mol. The summed E-state index contributed by atoms with van der Waals surface area (Å²) in [7, 11) is 0. The molecule has 0 aliphatic rings. The van der Waals surface area contributed by atoms with Crippen LogP contribution in [0.2, 0.25) is 0 Å². The van der Waals surface area contributed by atoms with E-state index in [1.807, 2.05) is 6.07 Å². The van der Waals surface area contributed by atoms with Gasteiger partial charge in [0.15, 0.2) is 0 Å². The van der Waals surface area contributed by atoms with E-state index >= 15 is 0 Å². The summed E-state index contributed by atoms with van der Waals surface area (Å²) >= 11 is 0. The third-order valence-corrected chi connectivity index (χ3v) is 9.09. The molecule has 0 saturated carbocycles. The van der Waals surface area contributed by atoms with Crippen LogP contribution in [0.15, 0.2) is 174 Å². The Labute approximate surface area is 261 Å². The number of furan rings is 1. The lowest BCUT2D eigenvalue weighted by Gasteiger charge is -2.18. The Morgan fingerprint density at radius 3 is 1.36 bits per heavy atom. The summed E-state index contributed by atoms with van der Waals surface area (Å²) in [4.78, 5) is 0. The Balaban J connectivity index is 1.27. The zero-order chi connectivity index (χ0) is 29.7. The third-order valence-electron chi connectivity index (χ3n) is 9.09. The van der Waals surface area contributed by atoms with Gasteiger partial charge in [-0.1, -0.05) is 164 Å². The lowest BCUT2D eigenvalue weighted by molar-refractivity contribution is 0.633. The molecule has 1 heterocycles. The summed E-state index contributed by atoms with van der Waals surface area (Å²) < 4.78 is 6.63. The highest BCUT2D eigenvalue weighted by molar-refractivity contribution is 6.21. The zero-order valence-electron chi connectivity index (χ0n) is 24.6. The summed E-state index contributed by atoms with van der Waals surface area (Å²) in [5.41, 5.74) is 9.25. The van der Waals surface area contributed by atoms with Crippen LogP contribution in [0.4, 0.5) is 0 Å². The fourth-order valence-corrected chi connectivity index (χ4v) is 7.10. The predicted octanol–water partition coefficient (Wildman–Crippen LogP) is 12.6. The summed E-state index contributed by atoms with van der Waals surface area (Å²) in [6.45, 7) is 0. The molecular formula is C44H28O. The molecule has 1 aromatic heterocycles. The SMILES string of the molecule is c1ccc(-c2c3ccccc3c(-c3ccc(-c4c(-c5cccc6ccccc56)oc5ccccc45)cc3)c3ccccc23)cc1. The lowest BCUT2D eigenvalue weighted by Crippen LogP contribution is -1.91. The molecule has 1 heteroatoms. The van der Waals surface area contributed by atoms with Crippen molar-refractivity contribution in [3.05, 3.63) is 170 Å². The standard InChI is InChI=1S/C44H28O/c1-2-14-30(15-3-1)41-34-18-6-8-20-36(34)42(37-21-9-7-19-35(37)41)31-25-27-32(28-26-31)43-39-22-10-11-24-40(39)45-44(43)38-23-12-16-29-13-4-5-17-33(29)38/h1-28H. The summed E-state index contributed by atoms with van der Waals surface area (Å²) in [6.07, 6.45) is 0. The molecule has 0 bridgehead atoms. The van der Waals surface area contributed by atoms with Gasteiger partial charge in [0.2, 0.25) is 0 Å². The molecule has 8 aromatic carbocycles. The van der Waals surface area contributed by atoms with E-state index in [1.54, 1.807) is 0 Å². The van der Waals surface area contributed by atoms with E-state index < -0.39 is 0 Å². The molecule has 0 amide bonds. The van der Waals surface area contributed by atoms with Gasteiger partial charge in [0.1, 0.15) is 11.3 Å². The molecule has 0 saturated heterocycles. The maximum atomic E-state index is 6.63. The molecule has 0 N–H and O–H groups in total. The first kappa shape index (κ1) is 25.6. The highest BCUT2D eigenvalue weighted by atomic mass is 16.3. The number of hydrogen-bond donors (Lipinski definition) is 0. The highest BCUT2D eigenvalue weighted by Gasteiger charge is 2.20. The van der Waals surface area contributed by atoms with Crippen molar-refractivity contribution in [1.82, 2.24) is 0 Å². The second-order valence-corrected chi connectivity index (χ2v) is 11.6. The van der Waals surface area contributed by atoms with E-state index in [1.165, 1.54) is 54.6 Å². The zero-order valence-corrected chi connectivity index (χ0v) is 24.6. The topological polar surface area (TPSA) is 13.1 Å². The fourth-order valence-electron chi connectivity index (χ4n) is 7.10. The summed E-state index contributed by atoms with van der Waals surface area (Å²) in [6, 6.07) is 60.8. The van der Waals surface area contributed by atoms with Crippen molar-refractivity contribution in [3.8, 4) is 44.7 Å². The van der Waals surface area contributed by atoms with E-state index in [9.17, 15) is 0 Å². The Bertz CT molecular complexity index is 2450. The minimum atomic E-state index is 0.896. The number of benzene rings is 8. The van der Waals surface area contributed by atoms with Gasteiger partial charge in [-0.05, 0) is 66.2 Å². The van der Waals surface area contributed by atoms with E-state index in [0.29, 0.717) is 0 Å². The van der Waals surface area contributed by atoms with Gasteiger partial charge >= 0.3 is 0 Å². The molecule has 0 aliphatic heterocycles. The van der Waals surface area contributed by atoms with Crippen LogP contribution in [0.5, 0.6) is 0 Å². The van der Waals surface area contributed by atoms with Gasteiger partial charge in [0.05, 0.1) is 0 Å². The molecular weight excluding hydrogens is 544 g/mol. The fraction of sp³-hybridized carbons (Fsp3) is 0. The molecule has 9 rings (SSSR count). The Morgan fingerprint density at radius 2 is 0.733 bits per heavy atom. The molecule has 0 aliphatic carbocycles. The smallest absolute Gasteiger partial charge is 0.143 e. The van der Waals surface area contributed by atoms with Gasteiger partial charge in [-0.25, -0.2) is 0 Å². The van der Waals surface area contributed by atoms with E-state index in [-0.39, 0.29) is 0 Å². The van der Waals surface area contributed by atoms with Crippen LogP contribution in [-0.2, 0) is 0 Å². The summed E-state index contributed by atoms with van der Waals surface area (Å²) in [5.74, 6) is 0.906. The average molecular weight is 573 g/mol. The van der Waals surface area contributed by atoms with Crippen molar-refractivity contribution < 1.29 is 4.42 Å². The first-order valence-electron chi connectivity index (χ1n) is 15.4. The number of para-hydroxylation sites is 1. The Hall–Kier alpha value is -5.92. The Kier molecular flexibility index (Phi) is 5.89. The van der Waals surface area contributed by atoms with Crippen molar-refractivity contribution in [2.75, 3.05) is 0 Å². The minimum absolute atomic E-state index is 0.896. The number of rotatable bonds is 4. The first-order chi connectivity index (χ1) is 22.3. The summed E-state index contributed by atoms with van der Waals surface area (Å²) in [5, 5.41) is 8.56. The quantitative estimate of drug-likeness (QED) is 0.191. The molecule has 210 valence electrons. The van der Waals surface area contributed by atoms with Gasteiger partial charge < -0.3 is 4.42 Å². The van der Waals surface area contributed by atoms with E-state index in [4.69, 9.17) is 4.42 Å². The van der Waals surface area contributed by atoms with Crippen LogP contribution in [0.3, 0.4) is 0 Å². The third kappa shape index (κ3) is 4.09. The lowest BCUT2D eigenvalue weighted by atomic mass is 9.85. The predicted molar refractivity (Wildman–Crippen MR) is 190 cm³/mol. The van der Waals surface area contributed by atoms with Crippen LogP contribution >= 0.6 is 0 Å². The normalized spacial score (nSPS) is 11.6. The molecule has 0 fully saturated rings. The van der Waals surface area contributed by atoms with Gasteiger partial charge in [-0.2, -0.15) is 0 Å². The molecule has 0 spiro atoms. The van der Waals surface area contributed by atoms with Crippen molar-refractivity contribution in [3.63, 3.8) is 0 Å². The molecule has 9 aromatic rings. The second kappa shape index (κ2) is 10.4. The first-order valence-corrected chi connectivity index (χ1v) is 15.4. The Morgan fingerprint density at radius 1 is 0.289 bits per heavy atom. The molecule has 0 atom stereocenters. The van der Waals surface area contributed by atoms with Gasteiger partial charge in [-0.15, -0.1) is 0 Å². The van der Waals surface area contributed by atoms with Crippen LogP contribution in [0.1, 0.15) is 0 Å². The van der Waals surface area contributed by atoms with Gasteiger partial charge in [0, 0.05) is 16.5 Å². The van der Waals surface area contributed by atoms with Gasteiger partial charge in [0.25, 0.3) is 0 Å². The van der Waals surface area contributed by atoms with Gasteiger partial charge in [-0.3, -0.25) is 0 Å². The van der Waals surface area contributed by atoms with Crippen LogP contribution in [0.25, 0.3) is 88.0 Å². The molecule has 0 unspecified atom stereocenters. The maximum absolute atomic E-state index is 6.63.